The number of nitrogens with one attached hydrogen (secondary N) is 1. The number of para-hydroxylation sites is 3. The molecule has 0 spiro atoms. The van der Waals surface area contributed by atoms with E-state index in [1.54, 1.807) is 60.7 Å². The number of nitrogens with zero attached hydrogens (tertiary/aromatic N) is 3. The largest absolute Gasteiger partial charge is 0.323 e. The lowest BCUT2D eigenvalue weighted by atomic mass is 10.1. The van der Waals surface area contributed by atoms with Crippen LogP contribution in [0.15, 0.2) is 78.9 Å². The third kappa shape index (κ3) is 4.22. The van der Waals surface area contributed by atoms with Gasteiger partial charge in [-0.25, -0.2) is 4.98 Å². The highest BCUT2D eigenvalue weighted by Gasteiger charge is 2.18. The average molecular weight is 434 g/mol. The number of hydrogen-bond acceptors (Lipinski definition) is 4. The standard InChI is InChI=1S/C23H16F2N4O3/c24-23(25)28-20-8-4-2-6-18(20)27-22(28)16-9-12-17(13-10-16)26-21(30)14-11-15-5-1-3-7-19(15)29(31)32/h1-14,23H,(H,26,30)/b14-11+. The van der Waals surface area contributed by atoms with Crippen molar-refractivity contribution < 1.29 is 18.5 Å². The zero-order valence-corrected chi connectivity index (χ0v) is 16.5. The molecule has 0 saturated heterocycles. The number of anilines is 1. The highest BCUT2D eigenvalue weighted by molar-refractivity contribution is 6.02. The van der Waals surface area contributed by atoms with Gasteiger partial charge in [0.05, 0.1) is 21.5 Å². The molecule has 0 aliphatic rings. The van der Waals surface area contributed by atoms with Gasteiger partial charge in [0.25, 0.3) is 5.69 Å². The van der Waals surface area contributed by atoms with E-state index in [9.17, 15) is 23.7 Å². The second-order valence-electron chi connectivity index (χ2n) is 6.79. The minimum atomic E-state index is -2.76. The summed E-state index contributed by atoms with van der Waals surface area (Å²) >= 11 is 0. The normalized spacial score (nSPS) is 11.3. The van der Waals surface area contributed by atoms with Gasteiger partial charge < -0.3 is 5.32 Å². The van der Waals surface area contributed by atoms with Gasteiger partial charge in [0.1, 0.15) is 5.82 Å². The summed E-state index contributed by atoms with van der Waals surface area (Å²) in [5.74, 6) is -0.369. The number of amides is 1. The number of fused-ring (bicyclic) bond motifs is 1. The summed E-state index contributed by atoms with van der Waals surface area (Å²) in [6, 6.07) is 19.0. The molecule has 32 heavy (non-hydrogen) atoms. The van der Waals surface area contributed by atoms with Gasteiger partial charge in [0.2, 0.25) is 5.91 Å². The van der Waals surface area contributed by atoms with Gasteiger partial charge in [-0.05, 0) is 48.5 Å². The Bertz CT molecular complexity index is 1330. The molecule has 3 aromatic carbocycles. The van der Waals surface area contributed by atoms with Crippen LogP contribution in [-0.2, 0) is 4.79 Å². The molecule has 0 aliphatic heterocycles. The lowest BCUT2D eigenvalue weighted by Crippen LogP contribution is -2.07. The van der Waals surface area contributed by atoms with Gasteiger partial charge in [-0.1, -0.05) is 24.3 Å². The van der Waals surface area contributed by atoms with Crippen LogP contribution < -0.4 is 5.32 Å². The van der Waals surface area contributed by atoms with E-state index in [-0.39, 0.29) is 11.5 Å². The molecule has 160 valence electrons. The number of imidazole rings is 1. The van der Waals surface area contributed by atoms with Crippen LogP contribution >= 0.6 is 0 Å². The molecular formula is C23H16F2N4O3. The first-order valence-electron chi connectivity index (χ1n) is 9.52. The maximum Gasteiger partial charge on any atom is 0.320 e. The van der Waals surface area contributed by atoms with Gasteiger partial charge in [-0.2, -0.15) is 8.78 Å². The van der Waals surface area contributed by atoms with Crippen LogP contribution in [0.2, 0.25) is 0 Å². The maximum absolute atomic E-state index is 13.6. The number of aromatic nitrogens is 2. The first-order chi connectivity index (χ1) is 15.4. The van der Waals surface area contributed by atoms with Crippen molar-refractivity contribution in [2.75, 3.05) is 5.32 Å². The Labute approximate surface area is 180 Å². The van der Waals surface area contributed by atoms with E-state index in [4.69, 9.17) is 0 Å². The molecule has 4 rings (SSSR count). The van der Waals surface area contributed by atoms with Gasteiger partial charge in [0, 0.05) is 23.4 Å². The molecule has 9 heteroatoms. The third-order valence-electron chi connectivity index (χ3n) is 4.75. The van der Waals surface area contributed by atoms with E-state index in [1.807, 2.05) is 0 Å². The predicted molar refractivity (Wildman–Crippen MR) is 117 cm³/mol. The van der Waals surface area contributed by atoms with Crippen LogP contribution in [0, 0.1) is 10.1 Å². The average Bonchev–Trinajstić information content (AvgIpc) is 3.18. The van der Waals surface area contributed by atoms with Crippen molar-refractivity contribution in [2.45, 2.75) is 6.55 Å². The molecule has 0 fully saturated rings. The van der Waals surface area contributed by atoms with E-state index in [0.29, 0.717) is 27.8 Å². The zero-order valence-electron chi connectivity index (χ0n) is 16.5. The molecule has 1 aromatic heterocycles. The molecule has 0 saturated carbocycles. The summed E-state index contributed by atoms with van der Waals surface area (Å²) in [6.07, 6.45) is 2.54. The van der Waals surface area contributed by atoms with E-state index >= 15 is 0 Å². The molecule has 4 aromatic rings. The molecule has 7 nitrogen and oxygen atoms in total. The third-order valence-corrected chi connectivity index (χ3v) is 4.75. The van der Waals surface area contributed by atoms with Crippen LogP contribution in [0.4, 0.5) is 20.2 Å². The van der Waals surface area contributed by atoms with Crippen molar-refractivity contribution in [3.63, 3.8) is 0 Å². The Morgan fingerprint density at radius 3 is 2.44 bits per heavy atom. The first-order valence-corrected chi connectivity index (χ1v) is 9.52. The number of alkyl halides is 2. The van der Waals surface area contributed by atoms with E-state index in [0.717, 1.165) is 4.57 Å². The van der Waals surface area contributed by atoms with Crippen molar-refractivity contribution in [3.05, 3.63) is 94.6 Å². The SMILES string of the molecule is O=C(/C=C/c1ccccc1[N+](=O)[O-])Nc1ccc(-c2nc3ccccc3n2C(F)F)cc1. The van der Waals surface area contributed by atoms with Crippen molar-refractivity contribution in [3.8, 4) is 11.4 Å². The molecule has 1 N–H and O–H groups in total. The Morgan fingerprint density at radius 2 is 1.72 bits per heavy atom. The lowest BCUT2D eigenvalue weighted by molar-refractivity contribution is -0.385. The minimum Gasteiger partial charge on any atom is -0.323 e. The van der Waals surface area contributed by atoms with Crippen LogP contribution in [0.25, 0.3) is 28.5 Å². The summed E-state index contributed by atoms with van der Waals surface area (Å²) in [6.45, 7) is -2.76. The van der Waals surface area contributed by atoms with Crippen LogP contribution in [0.5, 0.6) is 0 Å². The summed E-state index contributed by atoms with van der Waals surface area (Å²) in [4.78, 5) is 27.0. The summed E-state index contributed by atoms with van der Waals surface area (Å²) in [5, 5.41) is 13.7. The Hall–Kier alpha value is -4.40. The molecule has 1 heterocycles. The van der Waals surface area contributed by atoms with Crippen molar-refractivity contribution >= 4 is 34.4 Å². The highest BCUT2D eigenvalue weighted by Crippen LogP contribution is 2.30. The molecule has 0 atom stereocenters. The number of nitro benzene ring substituents is 1. The highest BCUT2D eigenvalue weighted by atomic mass is 19.3. The van der Waals surface area contributed by atoms with E-state index < -0.39 is 17.4 Å². The number of rotatable bonds is 6. The zero-order chi connectivity index (χ0) is 22.7. The van der Waals surface area contributed by atoms with Gasteiger partial charge in [-0.3, -0.25) is 19.5 Å². The Balaban J connectivity index is 1.53. The van der Waals surface area contributed by atoms with Gasteiger partial charge in [0.15, 0.2) is 0 Å². The summed E-state index contributed by atoms with van der Waals surface area (Å²) < 4.78 is 28.2. The van der Waals surface area contributed by atoms with Crippen molar-refractivity contribution in [1.29, 1.82) is 0 Å². The molecular weight excluding hydrogens is 418 g/mol. The monoisotopic (exact) mass is 434 g/mol. The fourth-order valence-corrected chi connectivity index (χ4v) is 3.29. The molecule has 0 unspecified atom stereocenters. The predicted octanol–water partition coefficient (Wildman–Crippen LogP) is 5.66. The fraction of sp³-hybridized carbons (Fsp3) is 0.0435. The Kier molecular flexibility index (Phi) is 5.71. The van der Waals surface area contributed by atoms with Crippen LogP contribution in [0.1, 0.15) is 12.1 Å². The number of nitro groups is 1. The second-order valence-corrected chi connectivity index (χ2v) is 6.79. The molecule has 0 radical (unpaired) electrons. The van der Waals surface area contributed by atoms with Crippen LogP contribution in [0.3, 0.4) is 0 Å². The molecule has 0 bridgehead atoms. The lowest BCUT2D eigenvalue weighted by Gasteiger charge is -2.09. The van der Waals surface area contributed by atoms with Crippen molar-refractivity contribution in [2.24, 2.45) is 0 Å². The van der Waals surface area contributed by atoms with Crippen LogP contribution in [-0.4, -0.2) is 20.4 Å². The Morgan fingerprint density at radius 1 is 1.03 bits per heavy atom. The molecule has 0 aliphatic carbocycles. The number of carbonyl (C=O) groups is 1. The fourth-order valence-electron chi connectivity index (χ4n) is 3.29. The number of carbonyl (C=O) groups excluding carboxylic acids is 1. The molecule has 1 amide bonds. The topological polar surface area (TPSA) is 90.1 Å². The second kappa shape index (κ2) is 8.76. The number of halogens is 2. The smallest absolute Gasteiger partial charge is 0.320 e. The maximum atomic E-state index is 13.6. The van der Waals surface area contributed by atoms with E-state index in [1.165, 1.54) is 24.3 Å². The summed E-state index contributed by atoms with van der Waals surface area (Å²) in [7, 11) is 0. The van der Waals surface area contributed by atoms with Gasteiger partial charge in [-0.15, -0.1) is 0 Å². The number of benzene rings is 3. The summed E-state index contributed by atoms with van der Waals surface area (Å²) in [5.41, 5.74) is 1.88. The first kappa shape index (κ1) is 20.9. The van der Waals surface area contributed by atoms with Gasteiger partial charge >= 0.3 is 6.55 Å². The minimum absolute atomic E-state index is 0.108. The quantitative estimate of drug-likeness (QED) is 0.241. The number of hydrogen-bond donors (Lipinski definition) is 1. The van der Waals surface area contributed by atoms with E-state index in [2.05, 4.69) is 10.3 Å². The van der Waals surface area contributed by atoms with Crippen molar-refractivity contribution in [1.82, 2.24) is 9.55 Å².